The average molecular weight is 274 g/mol. The smallest absolute Gasteiger partial charge is 0.0594 e. The minimum atomic E-state index is 0.719. The minimum Gasteiger partial charge on any atom is -0.379 e. The Hall–Kier alpha value is -0.900. The van der Waals surface area contributed by atoms with Gasteiger partial charge in [0, 0.05) is 26.2 Å². The standard InChI is InChI=1S/C17H26N2O/c1-2-17(14-18-8-1)16-5-3-15(4-6-16)7-9-19-10-12-20-13-11-19/h3-6,17-18H,1-2,7-14H2. The number of ether oxygens (including phenoxy) is 1. The second-order valence-corrected chi connectivity index (χ2v) is 5.99. The first kappa shape index (κ1) is 14.1. The zero-order chi connectivity index (χ0) is 13.6. The Morgan fingerprint density at radius 2 is 1.95 bits per heavy atom. The summed E-state index contributed by atoms with van der Waals surface area (Å²) in [6.07, 6.45) is 3.80. The van der Waals surface area contributed by atoms with Crippen LogP contribution in [-0.2, 0) is 11.2 Å². The summed E-state index contributed by atoms with van der Waals surface area (Å²) in [6, 6.07) is 9.33. The van der Waals surface area contributed by atoms with Gasteiger partial charge in [0.1, 0.15) is 0 Å². The Kier molecular flexibility index (Phi) is 5.06. The lowest BCUT2D eigenvalue weighted by Crippen LogP contribution is -2.37. The maximum atomic E-state index is 5.39. The van der Waals surface area contributed by atoms with Crippen LogP contribution in [0.25, 0.3) is 0 Å². The Labute approximate surface area is 122 Å². The fraction of sp³-hybridized carbons (Fsp3) is 0.647. The van der Waals surface area contributed by atoms with Crippen molar-refractivity contribution in [1.82, 2.24) is 10.2 Å². The van der Waals surface area contributed by atoms with E-state index in [1.807, 2.05) is 0 Å². The van der Waals surface area contributed by atoms with Crippen LogP contribution in [0.3, 0.4) is 0 Å². The molecule has 0 bridgehead atoms. The molecule has 0 aliphatic carbocycles. The van der Waals surface area contributed by atoms with E-state index >= 15 is 0 Å². The Balaban J connectivity index is 1.50. The molecule has 2 heterocycles. The number of morpholine rings is 1. The molecule has 20 heavy (non-hydrogen) atoms. The van der Waals surface area contributed by atoms with Crippen molar-refractivity contribution in [2.24, 2.45) is 0 Å². The molecule has 110 valence electrons. The second-order valence-electron chi connectivity index (χ2n) is 5.99. The number of rotatable bonds is 4. The van der Waals surface area contributed by atoms with E-state index < -0.39 is 0 Å². The zero-order valence-corrected chi connectivity index (χ0v) is 12.3. The average Bonchev–Trinajstić information content (AvgIpc) is 2.55. The molecule has 0 radical (unpaired) electrons. The van der Waals surface area contributed by atoms with Crippen molar-refractivity contribution in [3.8, 4) is 0 Å². The summed E-state index contributed by atoms with van der Waals surface area (Å²) in [6.45, 7) is 7.47. The topological polar surface area (TPSA) is 24.5 Å². The quantitative estimate of drug-likeness (QED) is 0.909. The molecule has 2 fully saturated rings. The molecule has 1 aromatic carbocycles. The fourth-order valence-corrected chi connectivity index (χ4v) is 3.20. The highest BCUT2D eigenvalue weighted by molar-refractivity contribution is 5.26. The van der Waals surface area contributed by atoms with Gasteiger partial charge in [-0.3, -0.25) is 4.90 Å². The molecular weight excluding hydrogens is 248 g/mol. The van der Waals surface area contributed by atoms with Gasteiger partial charge in [-0.25, -0.2) is 0 Å². The van der Waals surface area contributed by atoms with Crippen molar-refractivity contribution in [1.29, 1.82) is 0 Å². The molecular formula is C17H26N2O. The van der Waals surface area contributed by atoms with Crippen LogP contribution in [0.4, 0.5) is 0 Å². The molecule has 0 saturated carbocycles. The van der Waals surface area contributed by atoms with Crippen LogP contribution in [-0.4, -0.2) is 50.8 Å². The van der Waals surface area contributed by atoms with Crippen molar-refractivity contribution in [2.75, 3.05) is 45.9 Å². The largest absolute Gasteiger partial charge is 0.379 e. The molecule has 0 amide bonds. The fourth-order valence-electron chi connectivity index (χ4n) is 3.20. The molecule has 1 unspecified atom stereocenters. The summed E-state index contributed by atoms with van der Waals surface area (Å²) >= 11 is 0. The van der Waals surface area contributed by atoms with Gasteiger partial charge in [-0.05, 0) is 42.9 Å². The van der Waals surface area contributed by atoms with E-state index in [-0.39, 0.29) is 0 Å². The molecule has 1 aromatic rings. The number of benzene rings is 1. The monoisotopic (exact) mass is 274 g/mol. The number of piperidine rings is 1. The Morgan fingerprint density at radius 3 is 2.65 bits per heavy atom. The molecule has 0 spiro atoms. The molecule has 2 aliphatic heterocycles. The van der Waals surface area contributed by atoms with Crippen molar-refractivity contribution in [3.05, 3.63) is 35.4 Å². The van der Waals surface area contributed by atoms with Crippen molar-refractivity contribution in [3.63, 3.8) is 0 Å². The van der Waals surface area contributed by atoms with E-state index in [0.717, 1.165) is 51.7 Å². The summed E-state index contributed by atoms with van der Waals surface area (Å²) < 4.78 is 5.39. The van der Waals surface area contributed by atoms with E-state index in [0.29, 0.717) is 0 Å². The van der Waals surface area contributed by atoms with Gasteiger partial charge in [0.2, 0.25) is 0 Å². The van der Waals surface area contributed by atoms with Gasteiger partial charge in [-0.15, -0.1) is 0 Å². The van der Waals surface area contributed by atoms with Crippen molar-refractivity contribution < 1.29 is 4.74 Å². The summed E-state index contributed by atoms with van der Waals surface area (Å²) in [4.78, 5) is 2.50. The third-order valence-corrected chi connectivity index (χ3v) is 4.57. The Bertz CT molecular complexity index is 392. The molecule has 0 aromatic heterocycles. The lowest BCUT2D eigenvalue weighted by Gasteiger charge is -2.26. The van der Waals surface area contributed by atoms with Crippen LogP contribution in [0.5, 0.6) is 0 Å². The van der Waals surface area contributed by atoms with E-state index in [2.05, 4.69) is 34.5 Å². The van der Waals surface area contributed by atoms with Crippen molar-refractivity contribution >= 4 is 0 Å². The minimum absolute atomic E-state index is 0.719. The molecule has 1 N–H and O–H groups in total. The highest BCUT2D eigenvalue weighted by Gasteiger charge is 2.15. The molecule has 2 aliphatic rings. The SMILES string of the molecule is c1cc(C2CCCNC2)ccc1CCN1CCOCC1. The third-order valence-electron chi connectivity index (χ3n) is 4.57. The lowest BCUT2D eigenvalue weighted by atomic mass is 9.91. The van der Waals surface area contributed by atoms with Gasteiger partial charge in [0.15, 0.2) is 0 Å². The van der Waals surface area contributed by atoms with Crippen LogP contribution in [0.15, 0.2) is 24.3 Å². The predicted octanol–water partition coefficient (Wildman–Crippen LogP) is 2.03. The molecule has 3 heteroatoms. The first-order valence-corrected chi connectivity index (χ1v) is 8.01. The first-order valence-electron chi connectivity index (χ1n) is 8.01. The maximum Gasteiger partial charge on any atom is 0.0594 e. The maximum absolute atomic E-state index is 5.39. The molecule has 2 saturated heterocycles. The summed E-state index contributed by atoms with van der Waals surface area (Å²) in [5, 5.41) is 3.50. The van der Waals surface area contributed by atoms with Crippen molar-refractivity contribution in [2.45, 2.75) is 25.2 Å². The van der Waals surface area contributed by atoms with E-state index in [9.17, 15) is 0 Å². The van der Waals surface area contributed by atoms with Crippen LogP contribution >= 0.6 is 0 Å². The van der Waals surface area contributed by atoms with Gasteiger partial charge >= 0.3 is 0 Å². The van der Waals surface area contributed by atoms with E-state index in [1.54, 1.807) is 0 Å². The lowest BCUT2D eigenvalue weighted by molar-refractivity contribution is 0.0384. The van der Waals surface area contributed by atoms with Crippen LogP contribution in [0, 0.1) is 0 Å². The molecule has 3 nitrogen and oxygen atoms in total. The van der Waals surface area contributed by atoms with Gasteiger partial charge in [0.05, 0.1) is 13.2 Å². The zero-order valence-electron chi connectivity index (χ0n) is 12.3. The number of nitrogens with one attached hydrogen (secondary N) is 1. The van der Waals surface area contributed by atoms with E-state index in [1.165, 1.54) is 30.5 Å². The normalized spacial score (nSPS) is 24.7. The summed E-state index contributed by atoms with van der Waals surface area (Å²) in [7, 11) is 0. The predicted molar refractivity (Wildman–Crippen MR) is 82.2 cm³/mol. The highest BCUT2D eigenvalue weighted by Crippen LogP contribution is 2.23. The number of hydrogen-bond acceptors (Lipinski definition) is 3. The summed E-state index contributed by atoms with van der Waals surface area (Å²) in [5.41, 5.74) is 2.97. The second kappa shape index (κ2) is 7.21. The first-order chi connectivity index (χ1) is 9.92. The van der Waals surface area contributed by atoms with Gasteiger partial charge < -0.3 is 10.1 Å². The van der Waals surface area contributed by atoms with Crippen LogP contribution < -0.4 is 5.32 Å². The Morgan fingerprint density at radius 1 is 1.15 bits per heavy atom. The molecule has 1 atom stereocenters. The third kappa shape index (κ3) is 3.81. The van der Waals surface area contributed by atoms with Gasteiger partial charge in [-0.1, -0.05) is 24.3 Å². The van der Waals surface area contributed by atoms with Crippen LogP contribution in [0.1, 0.15) is 29.9 Å². The van der Waals surface area contributed by atoms with Crippen LogP contribution in [0.2, 0.25) is 0 Å². The highest BCUT2D eigenvalue weighted by atomic mass is 16.5. The van der Waals surface area contributed by atoms with Gasteiger partial charge in [0.25, 0.3) is 0 Å². The number of nitrogens with zero attached hydrogens (tertiary/aromatic N) is 1. The molecule has 3 rings (SSSR count). The number of hydrogen-bond donors (Lipinski definition) is 1. The van der Waals surface area contributed by atoms with E-state index in [4.69, 9.17) is 4.74 Å². The van der Waals surface area contributed by atoms with Gasteiger partial charge in [-0.2, -0.15) is 0 Å². The summed E-state index contributed by atoms with van der Waals surface area (Å²) in [5.74, 6) is 0.719.